The number of hydrogen-bond acceptors (Lipinski definition) is 3. The van der Waals surface area contributed by atoms with Gasteiger partial charge in [-0.1, -0.05) is 6.07 Å². The van der Waals surface area contributed by atoms with Crippen LogP contribution in [0.25, 0.3) is 0 Å². The van der Waals surface area contributed by atoms with E-state index >= 15 is 0 Å². The highest BCUT2D eigenvalue weighted by Crippen LogP contribution is 2.25. The molecule has 0 aromatic heterocycles. The number of methoxy groups -OCH3 is 1. The second-order valence-electron chi connectivity index (χ2n) is 3.54. The Labute approximate surface area is 115 Å². The van der Waals surface area contributed by atoms with Crippen LogP contribution < -0.4 is 10.1 Å². The number of thiol groups is 1. The van der Waals surface area contributed by atoms with Crippen molar-refractivity contribution in [1.82, 2.24) is 5.32 Å². The molecule has 0 unspecified atom stereocenters. The first kappa shape index (κ1) is 14.4. The monoisotopic (exact) mass is 317 g/mol. The van der Waals surface area contributed by atoms with Crippen LogP contribution in [0.5, 0.6) is 5.75 Å². The fourth-order valence-electron chi connectivity index (χ4n) is 1.40. The Morgan fingerprint density at radius 1 is 1.53 bits per heavy atom. The molecule has 3 nitrogen and oxygen atoms in total. The maximum atomic E-state index is 11.2. The minimum Gasteiger partial charge on any atom is -0.496 e. The van der Waals surface area contributed by atoms with Crippen LogP contribution in [-0.2, 0) is 11.2 Å². The van der Waals surface area contributed by atoms with Gasteiger partial charge in [0, 0.05) is 13.0 Å². The largest absolute Gasteiger partial charge is 0.496 e. The minimum atomic E-state index is 0.0487. The lowest BCUT2D eigenvalue weighted by Gasteiger charge is -2.07. The lowest BCUT2D eigenvalue weighted by molar-refractivity contribution is -0.120. The summed E-state index contributed by atoms with van der Waals surface area (Å²) in [4.78, 5) is 11.2. The summed E-state index contributed by atoms with van der Waals surface area (Å²) >= 11 is 7.44. The van der Waals surface area contributed by atoms with Crippen LogP contribution in [0.4, 0.5) is 0 Å². The van der Waals surface area contributed by atoms with Gasteiger partial charge in [0.2, 0.25) is 5.91 Å². The van der Waals surface area contributed by atoms with Gasteiger partial charge >= 0.3 is 0 Å². The molecule has 1 rings (SSSR count). The van der Waals surface area contributed by atoms with E-state index in [1.165, 1.54) is 0 Å². The molecule has 0 aliphatic rings. The highest BCUT2D eigenvalue weighted by molar-refractivity contribution is 9.10. The summed E-state index contributed by atoms with van der Waals surface area (Å²) in [7, 11) is 1.64. The molecule has 0 radical (unpaired) electrons. The smallest absolute Gasteiger partial charge is 0.220 e. The van der Waals surface area contributed by atoms with Crippen molar-refractivity contribution in [1.29, 1.82) is 0 Å². The average Bonchev–Trinajstić information content (AvgIpc) is 2.29. The number of rotatable bonds is 6. The second kappa shape index (κ2) is 7.61. The summed E-state index contributed by atoms with van der Waals surface area (Å²) in [6, 6.07) is 5.91. The molecular formula is C12H16BrNO2S. The lowest BCUT2D eigenvalue weighted by atomic mass is 10.1. The average molecular weight is 318 g/mol. The molecule has 0 heterocycles. The van der Waals surface area contributed by atoms with Gasteiger partial charge < -0.3 is 10.1 Å². The van der Waals surface area contributed by atoms with Crippen LogP contribution in [0.15, 0.2) is 22.7 Å². The fourth-order valence-corrected chi connectivity index (χ4v) is 2.19. The van der Waals surface area contributed by atoms with Gasteiger partial charge in [-0.15, -0.1) is 0 Å². The Kier molecular flexibility index (Phi) is 6.44. The van der Waals surface area contributed by atoms with Gasteiger partial charge in [0.1, 0.15) is 5.75 Å². The van der Waals surface area contributed by atoms with Gasteiger partial charge in [0.05, 0.1) is 11.6 Å². The van der Waals surface area contributed by atoms with E-state index in [4.69, 9.17) is 4.74 Å². The topological polar surface area (TPSA) is 38.3 Å². The van der Waals surface area contributed by atoms with Crippen molar-refractivity contribution in [2.75, 3.05) is 19.4 Å². The standard InChI is InChI=1S/C12H16BrNO2S/c1-16-11-3-2-9(8-10(11)13)4-6-14-12(15)5-7-17/h2-3,8,17H,4-7H2,1H3,(H,14,15). The highest BCUT2D eigenvalue weighted by atomic mass is 79.9. The van der Waals surface area contributed by atoms with Crippen molar-refractivity contribution in [3.8, 4) is 5.75 Å². The van der Waals surface area contributed by atoms with E-state index in [0.717, 1.165) is 22.2 Å². The Morgan fingerprint density at radius 3 is 2.88 bits per heavy atom. The van der Waals surface area contributed by atoms with Crippen LogP contribution in [0.2, 0.25) is 0 Å². The Hall–Kier alpha value is -0.680. The minimum absolute atomic E-state index is 0.0487. The van der Waals surface area contributed by atoms with Crippen molar-refractivity contribution in [3.05, 3.63) is 28.2 Å². The molecule has 0 atom stereocenters. The molecular weight excluding hydrogens is 302 g/mol. The van der Waals surface area contributed by atoms with Crippen LogP contribution in [-0.4, -0.2) is 25.3 Å². The molecule has 1 amide bonds. The summed E-state index contributed by atoms with van der Waals surface area (Å²) in [6.07, 6.45) is 1.27. The molecule has 0 bridgehead atoms. The first-order valence-corrected chi connectivity index (χ1v) is 6.80. The van der Waals surface area contributed by atoms with Crippen molar-refractivity contribution in [2.45, 2.75) is 12.8 Å². The van der Waals surface area contributed by atoms with Gasteiger partial charge in [-0.25, -0.2) is 0 Å². The molecule has 0 aliphatic carbocycles. The molecule has 0 aliphatic heterocycles. The van der Waals surface area contributed by atoms with Crippen molar-refractivity contribution in [2.24, 2.45) is 0 Å². The molecule has 1 aromatic rings. The van der Waals surface area contributed by atoms with E-state index in [9.17, 15) is 4.79 Å². The first-order valence-electron chi connectivity index (χ1n) is 5.37. The third kappa shape index (κ3) is 5.00. The van der Waals surface area contributed by atoms with Gasteiger partial charge in [-0.05, 0) is 45.8 Å². The summed E-state index contributed by atoms with van der Waals surface area (Å²) in [5.41, 5.74) is 1.16. The van der Waals surface area contributed by atoms with E-state index in [0.29, 0.717) is 18.7 Å². The van der Waals surface area contributed by atoms with Crippen molar-refractivity contribution < 1.29 is 9.53 Å². The highest BCUT2D eigenvalue weighted by Gasteiger charge is 2.02. The van der Waals surface area contributed by atoms with E-state index in [2.05, 4.69) is 33.9 Å². The Balaban J connectivity index is 2.42. The molecule has 0 spiro atoms. The summed E-state index contributed by atoms with van der Waals surface area (Å²) in [5, 5.41) is 2.85. The van der Waals surface area contributed by atoms with Crippen LogP contribution in [0, 0.1) is 0 Å². The molecule has 0 saturated carbocycles. The number of ether oxygens (including phenoxy) is 1. The molecule has 0 saturated heterocycles. The zero-order chi connectivity index (χ0) is 12.7. The SMILES string of the molecule is COc1ccc(CCNC(=O)CCS)cc1Br. The molecule has 17 heavy (non-hydrogen) atoms. The molecule has 0 fully saturated rings. The quantitative estimate of drug-likeness (QED) is 0.791. The van der Waals surface area contributed by atoms with Crippen molar-refractivity contribution >= 4 is 34.5 Å². The Bertz CT molecular complexity index is 385. The molecule has 1 N–H and O–H groups in total. The summed E-state index contributed by atoms with van der Waals surface area (Å²) < 4.78 is 6.08. The summed E-state index contributed by atoms with van der Waals surface area (Å²) in [6.45, 7) is 0.644. The number of amides is 1. The molecule has 5 heteroatoms. The number of carbonyl (C=O) groups excluding carboxylic acids is 1. The zero-order valence-corrected chi connectivity index (χ0v) is 12.2. The van der Waals surface area contributed by atoms with E-state index in [1.54, 1.807) is 7.11 Å². The van der Waals surface area contributed by atoms with E-state index < -0.39 is 0 Å². The predicted octanol–water partition coefficient (Wildman–Crippen LogP) is 2.44. The van der Waals surface area contributed by atoms with E-state index in [1.807, 2.05) is 18.2 Å². The first-order chi connectivity index (χ1) is 8.17. The van der Waals surface area contributed by atoms with E-state index in [-0.39, 0.29) is 5.91 Å². The Morgan fingerprint density at radius 2 is 2.29 bits per heavy atom. The lowest BCUT2D eigenvalue weighted by Crippen LogP contribution is -2.25. The fraction of sp³-hybridized carbons (Fsp3) is 0.417. The number of carbonyl (C=O) groups is 1. The number of halogens is 1. The summed E-state index contributed by atoms with van der Waals surface area (Å²) in [5.74, 6) is 1.44. The number of hydrogen-bond donors (Lipinski definition) is 2. The number of benzene rings is 1. The predicted molar refractivity (Wildman–Crippen MR) is 75.9 cm³/mol. The maximum Gasteiger partial charge on any atom is 0.220 e. The van der Waals surface area contributed by atoms with Gasteiger partial charge in [-0.2, -0.15) is 12.6 Å². The number of nitrogens with one attached hydrogen (secondary N) is 1. The third-order valence-electron chi connectivity index (χ3n) is 2.29. The van der Waals surface area contributed by atoms with Gasteiger partial charge in [0.25, 0.3) is 0 Å². The van der Waals surface area contributed by atoms with Crippen LogP contribution in [0.3, 0.4) is 0 Å². The van der Waals surface area contributed by atoms with Crippen LogP contribution in [0.1, 0.15) is 12.0 Å². The van der Waals surface area contributed by atoms with Crippen LogP contribution >= 0.6 is 28.6 Å². The van der Waals surface area contributed by atoms with Crippen molar-refractivity contribution in [3.63, 3.8) is 0 Å². The second-order valence-corrected chi connectivity index (χ2v) is 4.84. The van der Waals surface area contributed by atoms with Gasteiger partial charge in [-0.3, -0.25) is 4.79 Å². The normalized spacial score (nSPS) is 10.1. The van der Waals surface area contributed by atoms with Gasteiger partial charge in [0.15, 0.2) is 0 Å². The molecule has 1 aromatic carbocycles. The molecule has 94 valence electrons. The zero-order valence-electron chi connectivity index (χ0n) is 9.70. The maximum absolute atomic E-state index is 11.2. The third-order valence-corrected chi connectivity index (χ3v) is 3.13.